The highest BCUT2D eigenvalue weighted by Crippen LogP contribution is 2.31. The van der Waals surface area contributed by atoms with Crippen LogP contribution in [0.1, 0.15) is 48.7 Å². The monoisotopic (exact) mass is 332 g/mol. The van der Waals surface area contributed by atoms with E-state index in [4.69, 9.17) is 16.1 Å². The topological polar surface area (TPSA) is 55.1 Å². The highest BCUT2D eigenvalue weighted by molar-refractivity contribution is 6.33. The molecule has 0 spiro atoms. The van der Waals surface area contributed by atoms with Gasteiger partial charge in [0, 0.05) is 11.6 Å². The molecule has 2 atom stereocenters. The van der Waals surface area contributed by atoms with Crippen molar-refractivity contribution >= 4 is 17.5 Å². The van der Waals surface area contributed by atoms with Gasteiger partial charge in [-0.15, -0.1) is 0 Å². The number of nitrogens with one attached hydrogen (secondary N) is 1. The molecule has 23 heavy (non-hydrogen) atoms. The first-order chi connectivity index (χ1) is 11.1. The molecule has 1 heterocycles. The van der Waals surface area contributed by atoms with Crippen molar-refractivity contribution in [1.29, 1.82) is 0 Å². The molecular weight excluding hydrogens is 312 g/mol. The third-order valence-corrected chi connectivity index (χ3v) is 4.98. The lowest BCUT2D eigenvalue weighted by molar-refractivity contribution is 0.0909. The number of hydrogen-bond donors (Lipinski definition) is 1. The highest BCUT2D eigenvalue weighted by Gasteiger charge is 2.28. The Morgan fingerprint density at radius 2 is 2.04 bits per heavy atom. The normalized spacial score (nSPS) is 21.2. The van der Waals surface area contributed by atoms with Crippen LogP contribution in [0.5, 0.6) is 0 Å². The summed E-state index contributed by atoms with van der Waals surface area (Å²) in [7, 11) is 0. The Morgan fingerprint density at radius 3 is 2.78 bits per heavy atom. The molecule has 122 valence electrons. The molecular formula is C18H21ClN2O2. The van der Waals surface area contributed by atoms with E-state index in [9.17, 15) is 4.79 Å². The van der Waals surface area contributed by atoms with Gasteiger partial charge >= 0.3 is 0 Å². The fraction of sp³-hybridized carbons (Fsp3) is 0.444. The van der Waals surface area contributed by atoms with Crippen LogP contribution in [0, 0.1) is 12.8 Å². The quantitative estimate of drug-likeness (QED) is 0.892. The number of carbonyl (C=O) groups excluding carboxylic acids is 1. The number of amides is 1. The van der Waals surface area contributed by atoms with E-state index in [1.54, 1.807) is 13.0 Å². The maximum absolute atomic E-state index is 12.8. The number of hydrogen-bond acceptors (Lipinski definition) is 3. The summed E-state index contributed by atoms with van der Waals surface area (Å²) in [6.45, 7) is 3.95. The molecule has 1 aromatic heterocycles. The van der Waals surface area contributed by atoms with Crippen molar-refractivity contribution < 1.29 is 9.32 Å². The van der Waals surface area contributed by atoms with E-state index >= 15 is 0 Å². The maximum atomic E-state index is 12.8. The third-order valence-electron chi connectivity index (χ3n) is 4.65. The van der Waals surface area contributed by atoms with E-state index < -0.39 is 0 Å². The molecule has 1 aromatic carbocycles. The lowest BCUT2D eigenvalue weighted by Crippen LogP contribution is -2.41. The Kier molecular flexibility index (Phi) is 4.71. The smallest absolute Gasteiger partial charge is 0.257 e. The Labute approximate surface area is 141 Å². The number of nitrogens with zero attached hydrogens (tertiary/aromatic N) is 1. The fourth-order valence-corrected chi connectivity index (χ4v) is 3.47. The van der Waals surface area contributed by atoms with Gasteiger partial charge in [0.1, 0.15) is 17.0 Å². The predicted octanol–water partition coefficient (Wildman–Crippen LogP) is 4.61. The average molecular weight is 333 g/mol. The second-order valence-electron chi connectivity index (χ2n) is 6.28. The predicted molar refractivity (Wildman–Crippen MR) is 90.6 cm³/mol. The number of rotatable bonds is 3. The molecule has 0 saturated heterocycles. The fourth-order valence-electron chi connectivity index (χ4n) is 3.25. The van der Waals surface area contributed by atoms with Crippen LogP contribution < -0.4 is 5.32 Å². The molecule has 0 radical (unpaired) electrons. The van der Waals surface area contributed by atoms with Crippen LogP contribution in [-0.4, -0.2) is 17.1 Å². The van der Waals surface area contributed by atoms with Crippen LogP contribution in [-0.2, 0) is 0 Å². The van der Waals surface area contributed by atoms with Crippen molar-refractivity contribution in [3.05, 3.63) is 40.6 Å². The molecule has 1 aliphatic rings. The van der Waals surface area contributed by atoms with E-state index in [0.717, 1.165) is 19.3 Å². The number of aryl methyl sites for hydroxylation is 1. The molecule has 2 aromatic rings. The molecule has 1 fully saturated rings. The van der Waals surface area contributed by atoms with Crippen molar-refractivity contribution in [2.75, 3.05) is 0 Å². The van der Waals surface area contributed by atoms with E-state index in [0.29, 0.717) is 33.5 Å². The van der Waals surface area contributed by atoms with Gasteiger partial charge in [-0.3, -0.25) is 4.79 Å². The number of carbonyl (C=O) groups is 1. The van der Waals surface area contributed by atoms with Crippen molar-refractivity contribution in [1.82, 2.24) is 10.5 Å². The molecule has 1 amide bonds. The third kappa shape index (κ3) is 3.27. The van der Waals surface area contributed by atoms with Crippen LogP contribution in [0.3, 0.4) is 0 Å². The number of benzene rings is 1. The molecule has 1 N–H and O–H groups in total. The van der Waals surface area contributed by atoms with Crippen molar-refractivity contribution in [3.8, 4) is 11.3 Å². The largest absolute Gasteiger partial charge is 0.360 e. The SMILES string of the molecule is Cc1onc(-c2ccccc2Cl)c1C(=O)NC1CCCCC1C. The standard InChI is InChI=1S/C18H21ClN2O2/c1-11-7-3-6-10-15(11)20-18(22)16-12(2)23-21-17(16)13-8-4-5-9-14(13)19/h4-5,8-9,11,15H,3,6-7,10H2,1-2H3,(H,20,22). The van der Waals surface area contributed by atoms with Crippen LogP contribution >= 0.6 is 11.6 Å². The van der Waals surface area contributed by atoms with Gasteiger partial charge in [-0.1, -0.05) is 54.7 Å². The summed E-state index contributed by atoms with van der Waals surface area (Å²) in [4.78, 5) is 12.8. The Bertz CT molecular complexity index is 711. The van der Waals surface area contributed by atoms with Gasteiger partial charge in [-0.2, -0.15) is 0 Å². The zero-order valence-corrected chi connectivity index (χ0v) is 14.2. The van der Waals surface area contributed by atoms with Gasteiger partial charge in [-0.05, 0) is 31.7 Å². The molecule has 1 aliphatic carbocycles. The number of aromatic nitrogens is 1. The summed E-state index contributed by atoms with van der Waals surface area (Å²) in [5.41, 5.74) is 1.71. The Morgan fingerprint density at radius 1 is 1.30 bits per heavy atom. The zero-order chi connectivity index (χ0) is 16.4. The zero-order valence-electron chi connectivity index (χ0n) is 13.4. The minimum absolute atomic E-state index is 0.127. The van der Waals surface area contributed by atoms with Gasteiger partial charge in [-0.25, -0.2) is 0 Å². The van der Waals surface area contributed by atoms with Gasteiger partial charge in [0.25, 0.3) is 5.91 Å². The highest BCUT2D eigenvalue weighted by atomic mass is 35.5. The van der Waals surface area contributed by atoms with Gasteiger partial charge in [0.05, 0.1) is 5.02 Å². The van der Waals surface area contributed by atoms with E-state index in [-0.39, 0.29) is 11.9 Å². The minimum Gasteiger partial charge on any atom is -0.360 e. The second kappa shape index (κ2) is 6.75. The van der Waals surface area contributed by atoms with E-state index in [1.165, 1.54) is 6.42 Å². The van der Waals surface area contributed by atoms with Crippen LogP contribution in [0.15, 0.2) is 28.8 Å². The summed E-state index contributed by atoms with van der Waals surface area (Å²) in [6, 6.07) is 7.56. The van der Waals surface area contributed by atoms with Crippen LogP contribution in [0.25, 0.3) is 11.3 Å². The lowest BCUT2D eigenvalue weighted by Gasteiger charge is -2.29. The van der Waals surface area contributed by atoms with Crippen LogP contribution in [0.2, 0.25) is 5.02 Å². The van der Waals surface area contributed by atoms with Crippen molar-refractivity contribution in [3.63, 3.8) is 0 Å². The summed E-state index contributed by atoms with van der Waals surface area (Å²) >= 11 is 6.25. The van der Waals surface area contributed by atoms with Gasteiger partial charge in [0.2, 0.25) is 0 Å². The Balaban J connectivity index is 1.89. The molecule has 3 rings (SSSR count). The lowest BCUT2D eigenvalue weighted by atomic mass is 9.86. The van der Waals surface area contributed by atoms with Gasteiger partial charge < -0.3 is 9.84 Å². The first-order valence-electron chi connectivity index (χ1n) is 8.10. The Hall–Kier alpha value is -1.81. The summed E-state index contributed by atoms with van der Waals surface area (Å²) in [5.74, 6) is 0.884. The maximum Gasteiger partial charge on any atom is 0.257 e. The number of halogens is 1. The summed E-state index contributed by atoms with van der Waals surface area (Å²) in [5, 5.41) is 7.78. The van der Waals surface area contributed by atoms with Gasteiger partial charge in [0.15, 0.2) is 0 Å². The van der Waals surface area contributed by atoms with Crippen LogP contribution in [0.4, 0.5) is 0 Å². The van der Waals surface area contributed by atoms with Crippen molar-refractivity contribution in [2.24, 2.45) is 5.92 Å². The molecule has 5 heteroatoms. The minimum atomic E-state index is -0.127. The molecule has 2 unspecified atom stereocenters. The molecule has 1 saturated carbocycles. The summed E-state index contributed by atoms with van der Waals surface area (Å²) in [6.07, 6.45) is 4.59. The first-order valence-corrected chi connectivity index (χ1v) is 8.47. The second-order valence-corrected chi connectivity index (χ2v) is 6.69. The molecule has 4 nitrogen and oxygen atoms in total. The van der Waals surface area contributed by atoms with E-state index in [1.807, 2.05) is 18.2 Å². The molecule has 0 bridgehead atoms. The van der Waals surface area contributed by atoms with Crippen molar-refractivity contribution in [2.45, 2.75) is 45.6 Å². The first kappa shape index (κ1) is 16.1. The van der Waals surface area contributed by atoms with E-state index in [2.05, 4.69) is 17.4 Å². The molecule has 0 aliphatic heterocycles. The average Bonchev–Trinajstić information content (AvgIpc) is 2.91. The summed E-state index contributed by atoms with van der Waals surface area (Å²) < 4.78 is 5.27.